The summed E-state index contributed by atoms with van der Waals surface area (Å²) in [5, 5.41) is 4.01. The average Bonchev–Trinajstić information content (AvgIpc) is 3.07. The van der Waals surface area contributed by atoms with Crippen LogP contribution in [0.25, 0.3) is 11.3 Å². The number of hydrogen-bond acceptors (Lipinski definition) is 5. The van der Waals surface area contributed by atoms with Crippen LogP contribution < -0.4 is 0 Å². The van der Waals surface area contributed by atoms with Gasteiger partial charge in [-0.1, -0.05) is 23.7 Å². The number of nitrogens with zero attached hydrogens (tertiary/aromatic N) is 3. The minimum Gasteiger partial charge on any atom is -0.356 e. The summed E-state index contributed by atoms with van der Waals surface area (Å²) in [5.41, 5.74) is 3.29. The average molecular weight is 418 g/mol. The highest BCUT2D eigenvalue weighted by molar-refractivity contribution is 7.89. The van der Waals surface area contributed by atoms with Gasteiger partial charge in [0.25, 0.3) is 0 Å². The Bertz CT molecular complexity index is 969. The smallest absolute Gasteiger partial charge is 0.243 e. The summed E-state index contributed by atoms with van der Waals surface area (Å²) in [6, 6.07) is 6.03. The number of aromatic nitrogens is 1. The van der Waals surface area contributed by atoms with Crippen molar-refractivity contribution in [3.8, 4) is 11.3 Å². The van der Waals surface area contributed by atoms with E-state index in [1.54, 1.807) is 10.4 Å². The molecule has 0 N–H and O–H groups in total. The number of sulfonamides is 1. The molecule has 0 spiro atoms. The minimum atomic E-state index is -3.53. The Balaban J connectivity index is 1.54. The van der Waals surface area contributed by atoms with Crippen LogP contribution in [0, 0.1) is 20.8 Å². The molecule has 6 nitrogen and oxygen atoms in total. The lowest BCUT2D eigenvalue weighted by Crippen LogP contribution is -2.48. The molecule has 0 bridgehead atoms. The van der Waals surface area contributed by atoms with Crippen molar-refractivity contribution in [2.24, 2.45) is 0 Å². The number of piperidine rings is 2. The molecule has 7 heteroatoms. The molecule has 158 valence electrons. The zero-order valence-corrected chi connectivity index (χ0v) is 18.5. The molecule has 0 atom stereocenters. The van der Waals surface area contributed by atoms with Gasteiger partial charge in [-0.3, -0.25) is 0 Å². The number of aryl methyl sites for hydroxylation is 2. The van der Waals surface area contributed by atoms with Gasteiger partial charge in [0.2, 0.25) is 10.0 Å². The van der Waals surface area contributed by atoms with E-state index in [2.05, 4.69) is 10.1 Å². The zero-order chi connectivity index (χ0) is 20.6. The van der Waals surface area contributed by atoms with Crippen LogP contribution in [0.1, 0.15) is 48.9 Å². The van der Waals surface area contributed by atoms with Gasteiger partial charge in [-0.15, -0.1) is 0 Å². The van der Waals surface area contributed by atoms with Crippen molar-refractivity contribution in [1.82, 2.24) is 14.4 Å². The number of hydrogen-bond donors (Lipinski definition) is 0. The number of benzene rings is 1. The van der Waals surface area contributed by atoms with Crippen LogP contribution in [-0.2, 0) is 10.0 Å². The maximum atomic E-state index is 13.4. The van der Waals surface area contributed by atoms with Gasteiger partial charge in [0.15, 0.2) is 5.76 Å². The van der Waals surface area contributed by atoms with E-state index in [9.17, 15) is 8.42 Å². The van der Waals surface area contributed by atoms with E-state index in [1.165, 1.54) is 19.3 Å². The standard InChI is InChI=1S/C22H31N3O3S/c1-16-7-8-19(22-17(2)18(3)23-28-22)15-21(16)29(26,27)25-13-9-20(10-14-25)24-11-5-4-6-12-24/h7-8,15,20H,4-6,9-14H2,1-3H3. The van der Waals surface area contributed by atoms with E-state index in [4.69, 9.17) is 4.52 Å². The lowest BCUT2D eigenvalue weighted by atomic mass is 10.0. The Labute approximate surface area is 173 Å². The van der Waals surface area contributed by atoms with Crippen molar-refractivity contribution in [2.45, 2.75) is 63.8 Å². The molecule has 1 aromatic heterocycles. The van der Waals surface area contributed by atoms with Crippen molar-refractivity contribution in [2.75, 3.05) is 26.2 Å². The van der Waals surface area contributed by atoms with Crippen LogP contribution in [0.3, 0.4) is 0 Å². The van der Waals surface area contributed by atoms with E-state index < -0.39 is 10.0 Å². The Morgan fingerprint density at radius 2 is 1.69 bits per heavy atom. The molecule has 0 radical (unpaired) electrons. The van der Waals surface area contributed by atoms with Gasteiger partial charge in [0.05, 0.1) is 10.6 Å². The monoisotopic (exact) mass is 417 g/mol. The SMILES string of the molecule is Cc1ccc(-c2onc(C)c2C)cc1S(=O)(=O)N1CCC(N2CCCCC2)CC1. The molecule has 2 aromatic rings. The van der Waals surface area contributed by atoms with Gasteiger partial charge in [-0.25, -0.2) is 8.42 Å². The predicted octanol–water partition coefficient (Wildman–Crippen LogP) is 3.91. The fourth-order valence-corrected chi connectivity index (χ4v) is 6.29. The normalized spacial score (nSPS) is 20.2. The van der Waals surface area contributed by atoms with Gasteiger partial charge >= 0.3 is 0 Å². The number of likely N-dealkylation sites (tertiary alicyclic amines) is 1. The first-order valence-electron chi connectivity index (χ1n) is 10.7. The molecule has 0 amide bonds. The van der Waals surface area contributed by atoms with Gasteiger partial charge in [0, 0.05) is 30.3 Å². The number of rotatable bonds is 4. The molecular weight excluding hydrogens is 386 g/mol. The minimum absolute atomic E-state index is 0.375. The second-order valence-electron chi connectivity index (χ2n) is 8.43. The molecule has 0 unspecified atom stereocenters. The third kappa shape index (κ3) is 4.00. The van der Waals surface area contributed by atoms with Gasteiger partial charge in [0.1, 0.15) is 0 Å². The summed E-state index contributed by atoms with van der Waals surface area (Å²) < 4.78 is 34.0. The second-order valence-corrected chi connectivity index (χ2v) is 10.3. The highest BCUT2D eigenvalue weighted by Crippen LogP contribution is 2.31. The van der Waals surface area contributed by atoms with Gasteiger partial charge in [-0.2, -0.15) is 4.31 Å². The first kappa shape index (κ1) is 20.6. The zero-order valence-electron chi connectivity index (χ0n) is 17.6. The quantitative estimate of drug-likeness (QED) is 0.755. The lowest BCUT2D eigenvalue weighted by Gasteiger charge is -2.39. The third-order valence-corrected chi connectivity index (χ3v) is 8.60. The summed E-state index contributed by atoms with van der Waals surface area (Å²) in [4.78, 5) is 2.94. The topological polar surface area (TPSA) is 66.7 Å². The van der Waals surface area contributed by atoms with Crippen molar-refractivity contribution >= 4 is 10.0 Å². The van der Waals surface area contributed by atoms with E-state index in [0.29, 0.717) is 29.8 Å². The molecule has 2 saturated heterocycles. The largest absolute Gasteiger partial charge is 0.356 e. The molecule has 2 aliphatic rings. The van der Waals surface area contributed by atoms with Gasteiger partial charge < -0.3 is 9.42 Å². The fraction of sp³-hybridized carbons (Fsp3) is 0.591. The molecule has 3 heterocycles. The highest BCUT2D eigenvalue weighted by atomic mass is 32.2. The summed E-state index contributed by atoms with van der Waals surface area (Å²) in [6.07, 6.45) is 5.69. The molecule has 2 fully saturated rings. The second kappa shape index (κ2) is 8.20. The fourth-order valence-electron chi connectivity index (χ4n) is 4.57. The van der Waals surface area contributed by atoms with Crippen molar-refractivity contribution in [3.63, 3.8) is 0 Å². The maximum absolute atomic E-state index is 13.4. The molecule has 4 rings (SSSR count). The summed E-state index contributed by atoms with van der Waals surface area (Å²) >= 11 is 0. The predicted molar refractivity (Wildman–Crippen MR) is 113 cm³/mol. The molecule has 0 aliphatic carbocycles. The van der Waals surface area contributed by atoms with Crippen molar-refractivity contribution in [1.29, 1.82) is 0 Å². The van der Waals surface area contributed by atoms with Crippen LogP contribution in [0.2, 0.25) is 0 Å². The Morgan fingerprint density at radius 3 is 2.31 bits per heavy atom. The molecular formula is C22H31N3O3S. The Hall–Kier alpha value is -1.70. The first-order valence-corrected chi connectivity index (χ1v) is 12.1. The van der Waals surface area contributed by atoms with Crippen LogP contribution in [-0.4, -0.2) is 55.0 Å². The molecule has 1 aromatic carbocycles. The lowest BCUT2D eigenvalue weighted by molar-refractivity contribution is 0.118. The highest BCUT2D eigenvalue weighted by Gasteiger charge is 2.33. The van der Waals surface area contributed by atoms with Crippen LogP contribution >= 0.6 is 0 Å². The molecule has 29 heavy (non-hydrogen) atoms. The summed E-state index contributed by atoms with van der Waals surface area (Å²) in [7, 11) is -3.53. The van der Waals surface area contributed by atoms with E-state index in [-0.39, 0.29) is 0 Å². The summed E-state index contributed by atoms with van der Waals surface area (Å²) in [5.74, 6) is 0.641. The first-order chi connectivity index (χ1) is 13.9. The van der Waals surface area contributed by atoms with E-state index >= 15 is 0 Å². The van der Waals surface area contributed by atoms with Crippen molar-refractivity contribution < 1.29 is 12.9 Å². The van der Waals surface area contributed by atoms with Crippen molar-refractivity contribution in [3.05, 3.63) is 35.0 Å². The van der Waals surface area contributed by atoms with E-state index in [1.807, 2.05) is 32.9 Å². The summed E-state index contributed by atoms with van der Waals surface area (Å²) in [6.45, 7) is 9.20. The van der Waals surface area contributed by atoms with Gasteiger partial charge in [-0.05, 0) is 71.2 Å². The van der Waals surface area contributed by atoms with Crippen LogP contribution in [0.15, 0.2) is 27.6 Å². The van der Waals surface area contributed by atoms with Crippen LogP contribution in [0.5, 0.6) is 0 Å². The van der Waals surface area contributed by atoms with Crippen LogP contribution in [0.4, 0.5) is 0 Å². The Kier molecular flexibility index (Phi) is 5.82. The maximum Gasteiger partial charge on any atom is 0.243 e. The van der Waals surface area contributed by atoms with E-state index in [0.717, 1.165) is 48.3 Å². The molecule has 0 saturated carbocycles. The third-order valence-electron chi connectivity index (χ3n) is 6.56. The molecule has 2 aliphatic heterocycles. The Morgan fingerprint density at radius 1 is 1.00 bits per heavy atom.